The number of benzene rings is 2. The summed E-state index contributed by atoms with van der Waals surface area (Å²) in [6, 6.07) is 11.4. The van der Waals surface area contributed by atoms with Crippen LogP contribution in [0.25, 0.3) is 0 Å². The third-order valence-corrected chi connectivity index (χ3v) is 3.57. The Balaban J connectivity index is 1.69. The quantitative estimate of drug-likeness (QED) is 0.721. The van der Waals surface area contributed by atoms with Crippen LogP contribution in [0.15, 0.2) is 53.1 Å². The average Bonchev–Trinajstić information content (AvgIpc) is 3.00. The van der Waals surface area contributed by atoms with E-state index in [-0.39, 0.29) is 24.6 Å². The fourth-order valence-electron chi connectivity index (χ4n) is 2.33. The lowest BCUT2D eigenvalue weighted by Crippen LogP contribution is -1.96. The summed E-state index contributed by atoms with van der Waals surface area (Å²) in [6.45, 7) is 0.0997. The van der Waals surface area contributed by atoms with Crippen LogP contribution in [0, 0.1) is 11.6 Å². The summed E-state index contributed by atoms with van der Waals surface area (Å²) in [7, 11) is 0. The van der Waals surface area contributed by atoms with Crippen LogP contribution >= 0.6 is 0 Å². The van der Waals surface area contributed by atoms with Crippen molar-refractivity contribution in [1.82, 2.24) is 4.98 Å². The lowest BCUT2D eigenvalue weighted by atomic mass is 10.1. The van der Waals surface area contributed by atoms with Crippen molar-refractivity contribution in [2.45, 2.75) is 12.8 Å². The lowest BCUT2D eigenvalue weighted by Gasteiger charge is -2.04. The van der Waals surface area contributed by atoms with Crippen molar-refractivity contribution in [3.05, 3.63) is 77.2 Å². The number of halogens is 2. The largest absolute Gasteiger partial charge is 0.428 e. The van der Waals surface area contributed by atoms with E-state index in [1.54, 1.807) is 0 Å². The van der Waals surface area contributed by atoms with E-state index in [0.717, 1.165) is 11.3 Å². The second-order valence-corrected chi connectivity index (χ2v) is 5.30. The molecule has 6 heteroatoms. The molecule has 0 amide bonds. The van der Waals surface area contributed by atoms with Gasteiger partial charge >= 0.3 is 0 Å². The summed E-state index contributed by atoms with van der Waals surface area (Å²) in [5.74, 6) is -0.862. The Morgan fingerprint density at radius 3 is 2.42 bits per heavy atom. The van der Waals surface area contributed by atoms with Gasteiger partial charge in [0.25, 0.3) is 6.01 Å². The molecule has 3 rings (SSSR count). The van der Waals surface area contributed by atoms with Crippen LogP contribution in [0.4, 0.5) is 20.5 Å². The third-order valence-electron chi connectivity index (χ3n) is 3.57. The first-order valence-electron chi connectivity index (χ1n) is 7.50. The molecule has 0 spiro atoms. The van der Waals surface area contributed by atoms with Crippen molar-refractivity contribution >= 4 is 11.7 Å². The number of oxazole rings is 1. The highest BCUT2D eigenvalue weighted by Gasteiger charge is 2.12. The first-order chi connectivity index (χ1) is 11.7. The van der Waals surface area contributed by atoms with Crippen molar-refractivity contribution in [2.75, 3.05) is 11.9 Å². The number of hydrogen-bond donors (Lipinski definition) is 2. The van der Waals surface area contributed by atoms with E-state index in [0.29, 0.717) is 12.2 Å². The molecule has 0 unspecified atom stereocenters. The second-order valence-electron chi connectivity index (χ2n) is 5.30. The van der Waals surface area contributed by atoms with Crippen molar-refractivity contribution in [3.8, 4) is 0 Å². The van der Waals surface area contributed by atoms with Crippen molar-refractivity contribution in [2.24, 2.45) is 0 Å². The summed E-state index contributed by atoms with van der Waals surface area (Å²) in [4.78, 5) is 4.06. The minimum absolute atomic E-state index is 0.0113. The summed E-state index contributed by atoms with van der Waals surface area (Å²) in [6.07, 6.45) is 2.02. The Bertz CT molecular complexity index is 796. The van der Waals surface area contributed by atoms with Gasteiger partial charge in [0.15, 0.2) is 0 Å². The highest BCUT2D eigenvalue weighted by Crippen LogP contribution is 2.21. The first kappa shape index (κ1) is 16.1. The van der Waals surface area contributed by atoms with E-state index in [1.807, 2.05) is 24.3 Å². The van der Waals surface area contributed by atoms with Crippen LogP contribution in [0.1, 0.15) is 16.9 Å². The van der Waals surface area contributed by atoms with Gasteiger partial charge in [-0.2, -0.15) is 0 Å². The van der Waals surface area contributed by atoms with Crippen LogP contribution in [-0.4, -0.2) is 16.7 Å². The molecule has 0 aliphatic heterocycles. The minimum Gasteiger partial charge on any atom is -0.428 e. The smallest absolute Gasteiger partial charge is 0.299 e. The molecule has 0 radical (unpaired) electrons. The monoisotopic (exact) mass is 330 g/mol. The van der Waals surface area contributed by atoms with E-state index < -0.39 is 11.6 Å². The van der Waals surface area contributed by atoms with Gasteiger partial charge in [0.2, 0.25) is 0 Å². The van der Waals surface area contributed by atoms with Gasteiger partial charge < -0.3 is 14.8 Å². The van der Waals surface area contributed by atoms with E-state index in [9.17, 15) is 8.78 Å². The molecule has 0 saturated heterocycles. The topological polar surface area (TPSA) is 58.3 Å². The minimum atomic E-state index is -0.611. The van der Waals surface area contributed by atoms with Crippen molar-refractivity contribution < 1.29 is 18.3 Å². The lowest BCUT2D eigenvalue weighted by molar-refractivity contribution is 0.299. The molecular weight excluding hydrogens is 314 g/mol. The third kappa shape index (κ3) is 3.78. The number of aliphatic hydroxyl groups excluding tert-OH is 1. The second kappa shape index (κ2) is 7.23. The molecule has 3 aromatic rings. The molecule has 0 aliphatic carbocycles. The maximum Gasteiger partial charge on any atom is 0.299 e. The fourth-order valence-corrected chi connectivity index (χ4v) is 2.33. The number of aliphatic hydroxyl groups is 1. The van der Waals surface area contributed by atoms with E-state index in [4.69, 9.17) is 9.52 Å². The Morgan fingerprint density at radius 2 is 1.75 bits per heavy atom. The molecule has 0 fully saturated rings. The van der Waals surface area contributed by atoms with Crippen LogP contribution in [0.2, 0.25) is 0 Å². The number of nitrogens with one attached hydrogen (secondary N) is 1. The maximum atomic E-state index is 13.7. The highest BCUT2D eigenvalue weighted by molar-refractivity contribution is 5.52. The molecule has 0 aliphatic rings. The Kier molecular flexibility index (Phi) is 4.86. The average molecular weight is 330 g/mol. The van der Waals surface area contributed by atoms with E-state index >= 15 is 0 Å². The van der Waals surface area contributed by atoms with Gasteiger partial charge in [-0.05, 0) is 36.2 Å². The number of anilines is 2. The SMILES string of the molecule is OCCc1ccc(Nc2ncc(Cc3c(F)cccc3F)o2)cc1. The molecule has 0 bridgehead atoms. The zero-order valence-corrected chi connectivity index (χ0v) is 12.8. The fraction of sp³-hybridized carbons (Fsp3) is 0.167. The molecule has 2 aromatic carbocycles. The zero-order chi connectivity index (χ0) is 16.9. The number of aromatic nitrogens is 1. The van der Waals surface area contributed by atoms with Gasteiger partial charge in [-0.1, -0.05) is 18.2 Å². The Labute approximate surface area is 137 Å². The molecule has 0 atom stereocenters. The highest BCUT2D eigenvalue weighted by atomic mass is 19.1. The predicted molar refractivity (Wildman–Crippen MR) is 86.2 cm³/mol. The predicted octanol–water partition coefficient (Wildman–Crippen LogP) is 3.82. The van der Waals surface area contributed by atoms with Gasteiger partial charge in [-0.15, -0.1) is 0 Å². The number of rotatable bonds is 6. The Morgan fingerprint density at radius 1 is 1.04 bits per heavy atom. The molecular formula is C18H16F2N2O2. The van der Waals surface area contributed by atoms with E-state index in [2.05, 4.69) is 10.3 Å². The molecule has 1 aromatic heterocycles. The van der Waals surface area contributed by atoms with Gasteiger partial charge in [0.1, 0.15) is 17.4 Å². The summed E-state index contributed by atoms with van der Waals surface area (Å²) < 4.78 is 32.8. The summed E-state index contributed by atoms with van der Waals surface area (Å²) in [5.41, 5.74) is 1.74. The van der Waals surface area contributed by atoms with Crippen molar-refractivity contribution in [3.63, 3.8) is 0 Å². The first-order valence-corrected chi connectivity index (χ1v) is 7.50. The molecule has 0 saturated carbocycles. The van der Waals surface area contributed by atoms with Gasteiger partial charge in [0, 0.05) is 24.3 Å². The maximum absolute atomic E-state index is 13.7. The van der Waals surface area contributed by atoms with Gasteiger partial charge in [0.05, 0.1) is 6.20 Å². The molecule has 1 heterocycles. The number of hydrogen-bond acceptors (Lipinski definition) is 4. The molecule has 4 nitrogen and oxygen atoms in total. The van der Waals surface area contributed by atoms with Crippen LogP contribution in [0.3, 0.4) is 0 Å². The standard InChI is InChI=1S/C18H16F2N2O2/c19-16-2-1-3-17(20)15(16)10-14-11-21-18(24-14)22-13-6-4-12(5-7-13)8-9-23/h1-7,11,23H,8-10H2,(H,21,22). The van der Waals surface area contributed by atoms with Crippen LogP contribution in [-0.2, 0) is 12.8 Å². The normalized spacial score (nSPS) is 10.8. The van der Waals surface area contributed by atoms with Crippen LogP contribution in [0.5, 0.6) is 0 Å². The van der Waals surface area contributed by atoms with Crippen LogP contribution < -0.4 is 5.32 Å². The molecule has 2 N–H and O–H groups in total. The number of nitrogens with zero attached hydrogens (tertiary/aromatic N) is 1. The van der Waals surface area contributed by atoms with Crippen molar-refractivity contribution in [1.29, 1.82) is 0 Å². The summed E-state index contributed by atoms with van der Waals surface area (Å²) in [5, 5.41) is 11.9. The van der Waals surface area contributed by atoms with E-state index in [1.165, 1.54) is 24.4 Å². The zero-order valence-electron chi connectivity index (χ0n) is 12.8. The molecule has 24 heavy (non-hydrogen) atoms. The van der Waals surface area contributed by atoms with Gasteiger partial charge in [-0.25, -0.2) is 13.8 Å². The Hall–Kier alpha value is -2.73. The molecule has 124 valence electrons. The summed E-state index contributed by atoms with van der Waals surface area (Å²) >= 11 is 0. The van der Waals surface area contributed by atoms with Gasteiger partial charge in [-0.3, -0.25) is 0 Å².